The molecular formula is C19H20N4O4. The third-order valence-corrected chi connectivity index (χ3v) is 4.61. The van der Waals surface area contributed by atoms with Crippen molar-refractivity contribution in [1.82, 2.24) is 19.6 Å². The van der Waals surface area contributed by atoms with Gasteiger partial charge in [-0.15, -0.1) is 0 Å². The first kappa shape index (κ1) is 17.1. The fourth-order valence-corrected chi connectivity index (χ4v) is 3.32. The number of benzene rings is 1. The summed E-state index contributed by atoms with van der Waals surface area (Å²) in [5, 5.41) is 5.84. The predicted molar refractivity (Wildman–Crippen MR) is 99.9 cm³/mol. The van der Waals surface area contributed by atoms with Crippen molar-refractivity contribution in [3.05, 3.63) is 44.4 Å². The first-order chi connectivity index (χ1) is 13.2. The number of methoxy groups -OCH3 is 3. The van der Waals surface area contributed by atoms with E-state index in [1.165, 1.54) is 7.11 Å². The van der Waals surface area contributed by atoms with Crippen LogP contribution < -0.4 is 30.5 Å². The highest BCUT2D eigenvalue weighted by Gasteiger charge is 2.16. The number of hydrogen-bond acceptors (Lipinski definition) is 6. The number of imidazole rings is 1. The second-order valence-electron chi connectivity index (χ2n) is 6.18. The van der Waals surface area contributed by atoms with Crippen LogP contribution >= 0.6 is 0 Å². The maximum absolute atomic E-state index is 12.5. The SMILES string of the molecule is COc1ccc(/C=c2\c(=O)[nH]c3nc4c(nn23)CCCC=4)c(OC)c1OC. The van der Waals surface area contributed by atoms with E-state index in [1.54, 1.807) is 36.9 Å². The maximum atomic E-state index is 12.5. The number of aromatic nitrogens is 4. The van der Waals surface area contributed by atoms with Crippen molar-refractivity contribution in [2.75, 3.05) is 21.3 Å². The summed E-state index contributed by atoms with van der Waals surface area (Å²) in [5.74, 6) is 1.90. The number of ether oxygens (including phenoxy) is 3. The van der Waals surface area contributed by atoms with Crippen LogP contribution in [0.5, 0.6) is 17.2 Å². The van der Waals surface area contributed by atoms with Crippen LogP contribution in [0.15, 0.2) is 16.9 Å². The predicted octanol–water partition coefficient (Wildman–Crippen LogP) is 0.389. The van der Waals surface area contributed by atoms with E-state index in [4.69, 9.17) is 14.2 Å². The Hall–Kier alpha value is -3.29. The molecule has 0 aliphatic heterocycles. The molecule has 8 nitrogen and oxygen atoms in total. The summed E-state index contributed by atoms with van der Waals surface area (Å²) in [6, 6.07) is 3.57. The number of aromatic amines is 1. The first-order valence-corrected chi connectivity index (χ1v) is 8.65. The molecule has 1 aromatic carbocycles. The summed E-state index contributed by atoms with van der Waals surface area (Å²) < 4.78 is 17.8. The van der Waals surface area contributed by atoms with Crippen molar-refractivity contribution < 1.29 is 14.2 Å². The summed E-state index contributed by atoms with van der Waals surface area (Å²) in [6.07, 6.45) is 6.62. The van der Waals surface area contributed by atoms with Crippen molar-refractivity contribution in [3.63, 3.8) is 0 Å². The Morgan fingerprint density at radius 3 is 2.70 bits per heavy atom. The van der Waals surface area contributed by atoms with E-state index in [-0.39, 0.29) is 5.56 Å². The van der Waals surface area contributed by atoms with Gasteiger partial charge in [-0.2, -0.15) is 9.61 Å². The molecule has 27 heavy (non-hydrogen) atoms. The summed E-state index contributed by atoms with van der Waals surface area (Å²) in [4.78, 5) is 19.8. The van der Waals surface area contributed by atoms with Gasteiger partial charge in [0.2, 0.25) is 11.5 Å². The molecule has 0 radical (unpaired) electrons. The zero-order valence-corrected chi connectivity index (χ0v) is 15.4. The van der Waals surface area contributed by atoms with Crippen molar-refractivity contribution in [2.24, 2.45) is 0 Å². The fourth-order valence-electron chi connectivity index (χ4n) is 3.32. The van der Waals surface area contributed by atoms with Gasteiger partial charge in [0.25, 0.3) is 5.56 Å². The number of H-pyrrole nitrogens is 1. The number of fused-ring (bicyclic) bond motifs is 2. The van der Waals surface area contributed by atoms with Crippen LogP contribution in [0.25, 0.3) is 17.9 Å². The topological polar surface area (TPSA) is 90.7 Å². The highest BCUT2D eigenvalue weighted by Crippen LogP contribution is 2.39. The Balaban J connectivity index is 1.99. The van der Waals surface area contributed by atoms with Crippen LogP contribution in [0.1, 0.15) is 24.1 Å². The van der Waals surface area contributed by atoms with Gasteiger partial charge in [0, 0.05) is 5.56 Å². The van der Waals surface area contributed by atoms with Crippen LogP contribution in [0.4, 0.5) is 0 Å². The highest BCUT2D eigenvalue weighted by molar-refractivity contribution is 5.66. The molecular weight excluding hydrogens is 348 g/mol. The van der Waals surface area contributed by atoms with E-state index in [9.17, 15) is 4.79 Å². The van der Waals surface area contributed by atoms with Gasteiger partial charge < -0.3 is 14.2 Å². The molecule has 0 unspecified atom stereocenters. The lowest BCUT2D eigenvalue weighted by atomic mass is 10.1. The lowest BCUT2D eigenvalue weighted by molar-refractivity contribution is 0.324. The number of hydrogen-bond donors (Lipinski definition) is 1. The van der Waals surface area contributed by atoms with Crippen LogP contribution in [-0.4, -0.2) is 40.9 Å². The van der Waals surface area contributed by atoms with E-state index in [0.29, 0.717) is 33.9 Å². The second kappa shape index (κ2) is 6.79. The van der Waals surface area contributed by atoms with Crippen LogP contribution in [0.2, 0.25) is 0 Å². The van der Waals surface area contributed by atoms with Gasteiger partial charge >= 0.3 is 0 Å². The minimum Gasteiger partial charge on any atom is -0.493 e. The molecule has 0 saturated heterocycles. The van der Waals surface area contributed by atoms with Crippen molar-refractivity contribution in [3.8, 4) is 17.2 Å². The normalized spacial score (nSPS) is 14.0. The highest BCUT2D eigenvalue weighted by atomic mass is 16.5. The zero-order valence-electron chi connectivity index (χ0n) is 15.4. The fraction of sp³-hybridized carbons (Fsp3) is 0.316. The summed E-state index contributed by atoms with van der Waals surface area (Å²) in [5.41, 5.74) is 1.30. The van der Waals surface area contributed by atoms with E-state index in [1.807, 2.05) is 0 Å². The Bertz CT molecular complexity index is 1190. The molecule has 1 N–H and O–H groups in total. The first-order valence-electron chi connectivity index (χ1n) is 8.65. The third-order valence-electron chi connectivity index (χ3n) is 4.61. The molecule has 3 aromatic rings. The molecule has 0 bridgehead atoms. The Kier molecular flexibility index (Phi) is 4.31. The van der Waals surface area contributed by atoms with E-state index < -0.39 is 0 Å². The Labute approximate surface area is 154 Å². The minimum atomic E-state index is -0.269. The van der Waals surface area contributed by atoms with E-state index >= 15 is 0 Å². The van der Waals surface area contributed by atoms with Gasteiger partial charge in [0.1, 0.15) is 5.35 Å². The van der Waals surface area contributed by atoms with Crippen LogP contribution in [-0.2, 0) is 6.42 Å². The molecule has 0 fully saturated rings. The maximum Gasteiger partial charge on any atom is 0.276 e. The van der Waals surface area contributed by atoms with Gasteiger partial charge in [0.15, 0.2) is 11.5 Å². The van der Waals surface area contributed by atoms with Crippen molar-refractivity contribution in [1.29, 1.82) is 0 Å². The average molecular weight is 368 g/mol. The zero-order chi connectivity index (χ0) is 19.0. The number of aryl methyl sites for hydroxylation is 1. The van der Waals surface area contributed by atoms with E-state index in [0.717, 1.165) is 30.3 Å². The largest absolute Gasteiger partial charge is 0.493 e. The molecule has 0 spiro atoms. The molecule has 0 saturated carbocycles. The molecule has 1 aliphatic rings. The molecule has 0 atom stereocenters. The summed E-state index contributed by atoms with van der Waals surface area (Å²) in [6.45, 7) is 0. The van der Waals surface area contributed by atoms with Gasteiger partial charge in [-0.1, -0.05) is 6.08 Å². The van der Waals surface area contributed by atoms with Gasteiger partial charge in [0.05, 0.1) is 32.4 Å². The average Bonchev–Trinajstić information content (AvgIpc) is 2.99. The standard InChI is InChI=1S/C19H20N4O4/c1-25-15-9-8-11(16(26-2)17(15)27-3)10-14-18(24)21-19-20-12-6-4-5-7-13(12)22-23(14)19/h6,8-10H,4-5,7H2,1-3H3,(H,20,21,24)/b14-10+. The molecule has 8 heteroatoms. The van der Waals surface area contributed by atoms with Crippen molar-refractivity contribution >= 4 is 17.9 Å². The molecule has 2 heterocycles. The number of rotatable bonds is 4. The van der Waals surface area contributed by atoms with E-state index in [2.05, 4.69) is 21.1 Å². The molecule has 140 valence electrons. The minimum absolute atomic E-state index is 0.269. The second-order valence-corrected chi connectivity index (χ2v) is 6.18. The van der Waals surface area contributed by atoms with Gasteiger partial charge in [-0.3, -0.25) is 9.78 Å². The molecule has 0 amide bonds. The Morgan fingerprint density at radius 2 is 1.96 bits per heavy atom. The molecule has 1 aliphatic carbocycles. The molecule has 4 rings (SSSR count). The Morgan fingerprint density at radius 1 is 1.15 bits per heavy atom. The van der Waals surface area contributed by atoms with Gasteiger partial charge in [-0.25, -0.2) is 4.98 Å². The van der Waals surface area contributed by atoms with Crippen LogP contribution in [0.3, 0.4) is 0 Å². The van der Waals surface area contributed by atoms with Gasteiger partial charge in [-0.05, 0) is 37.5 Å². The lowest BCUT2D eigenvalue weighted by Gasteiger charge is -2.13. The summed E-state index contributed by atoms with van der Waals surface area (Å²) in [7, 11) is 4.64. The lowest BCUT2D eigenvalue weighted by Crippen LogP contribution is -2.30. The quantitative estimate of drug-likeness (QED) is 0.716. The van der Waals surface area contributed by atoms with Crippen molar-refractivity contribution in [2.45, 2.75) is 19.3 Å². The third kappa shape index (κ3) is 2.83. The smallest absolute Gasteiger partial charge is 0.276 e. The summed E-state index contributed by atoms with van der Waals surface area (Å²) >= 11 is 0. The number of nitrogens with zero attached hydrogens (tertiary/aromatic N) is 3. The monoisotopic (exact) mass is 368 g/mol. The number of nitrogens with one attached hydrogen (secondary N) is 1. The van der Waals surface area contributed by atoms with Crippen LogP contribution in [0, 0.1) is 0 Å². The molecule has 2 aromatic heterocycles.